The molecule has 0 fully saturated rings. The van der Waals surface area contributed by atoms with E-state index in [2.05, 4.69) is 48.7 Å². The van der Waals surface area contributed by atoms with E-state index in [-0.39, 0.29) is 17.4 Å². The second-order valence-corrected chi connectivity index (χ2v) is 6.38. The third-order valence-electron chi connectivity index (χ3n) is 2.69. The molecule has 1 amide bonds. The van der Waals surface area contributed by atoms with Crippen molar-refractivity contribution in [2.45, 2.75) is 26.8 Å². The van der Waals surface area contributed by atoms with Crippen LogP contribution < -0.4 is 11.1 Å². The van der Waals surface area contributed by atoms with Gasteiger partial charge in [-0.3, -0.25) is 4.79 Å². The number of nitrogens with two attached hydrogens (primary N) is 1. The van der Waals surface area contributed by atoms with Crippen molar-refractivity contribution in [1.29, 1.82) is 0 Å². The molecule has 1 atom stereocenters. The van der Waals surface area contributed by atoms with E-state index in [1.165, 1.54) is 0 Å². The fourth-order valence-corrected chi connectivity index (χ4v) is 1.83. The van der Waals surface area contributed by atoms with Gasteiger partial charge in [0.25, 0.3) is 5.91 Å². The number of benzene rings is 1. The standard InChI is InChI=1S/C13H19IN2O/c1-13(2,3)11(8-15)16-12(17)9-4-6-10(14)7-5-9/h4-7,11H,8,15H2,1-3H3,(H,16,17). The first-order valence-electron chi connectivity index (χ1n) is 5.61. The van der Waals surface area contributed by atoms with Crippen molar-refractivity contribution >= 4 is 28.5 Å². The maximum Gasteiger partial charge on any atom is 0.251 e. The number of rotatable bonds is 3. The van der Waals surface area contributed by atoms with Gasteiger partial charge in [-0.15, -0.1) is 0 Å². The van der Waals surface area contributed by atoms with E-state index >= 15 is 0 Å². The topological polar surface area (TPSA) is 55.1 Å². The maximum absolute atomic E-state index is 12.0. The van der Waals surface area contributed by atoms with Gasteiger partial charge in [-0.2, -0.15) is 0 Å². The molecule has 0 bridgehead atoms. The monoisotopic (exact) mass is 346 g/mol. The fraction of sp³-hybridized carbons (Fsp3) is 0.462. The quantitative estimate of drug-likeness (QED) is 0.826. The highest BCUT2D eigenvalue weighted by atomic mass is 127. The minimum absolute atomic E-state index is 0.0192. The van der Waals surface area contributed by atoms with Crippen molar-refractivity contribution in [3.05, 3.63) is 33.4 Å². The van der Waals surface area contributed by atoms with Gasteiger partial charge in [0.2, 0.25) is 0 Å². The predicted molar refractivity (Wildman–Crippen MR) is 78.9 cm³/mol. The van der Waals surface area contributed by atoms with Crippen LogP contribution in [0.1, 0.15) is 31.1 Å². The van der Waals surface area contributed by atoms with Crippen molar-refractivity contribution in [2.75, 3.05) is 6.54 Å². The largest absolute Gasteiger partial charge is 0.348 e. The van der Waals surface area contributed by atoms with Crippen molar-refractivity contribution in [3.8, 4) is 0 Å². The van der Waals surface area contributed by atoms with Crippen molar-refractivity contribution in [1.82, 2.24) is 5.32 Å². The van der Waals surface area contributed by atoms with Gasteiger partial charge in [0.15, 0.2) is 0 Å². The van der Waals surface area contributed by atoms with Crippen molar-refractivity contribution in [3.63, 3.8) is 0 Å². The molecule has 0 aliphatic carbocycles. The average molecular weight is 346 g/mol. The molecule has 1 rings (SSSR count). The highest BCUT2D eigenvalue weighted by Gasteiger charge is 2.25. The third kappa shape index (κ3) is 4.27. The molecule has 3 N–H and O–H groups in total. The average Bonchev–Trinajstić information content (AvgIpc) is 2.24. The minimum Gasteiger partial charge on any atom is -0.348 e. The second-order valence-electron chi connectivity index (χ2n) is 5.13. The SMILES string of the molecule is CC(C)(C)C(CN)NC(=O)c1ccc(I)cc1. The van der Waals surface area contributed by atoms with Crippen LogP contribution in [0.4, 0.5) is 0 Å². The summed E-state index contributed by atoms with van der Waals surface area (Å²) in [5.74, 6) is -0.0632. The smallest absolute Gasteiger partial charge is 0.251 e. The summed E-state index contributed by atoms with van der Waals surface area (Å²) in [5.41, 5.74) is 6.33. The number of hydrogen-bond donors (Lipinski definition) is 2. The Morgan fingerprint density at radius 1 is 1.35 bits per heavy atom. The summed E-state index contributed by atoms with van der Waals surface area (Å²) in [7, 11) is 0. The van der Waals surface area contributed by atoms with Crippen LogP contribution in [0.5, 0.6) is 0 Å². The molecule has 1 aromatic carbocycles. The predicted octanol–water partition coefficient (Wildman–Crippen LogP) is 2.39. The second kappa shape index (κ2) is 5.82. The summed E-state index contributed by atoms with van der Waals surface area (Å²) in [5, 5.41) is 2.98. The fourth-order valence-electron chi connectivity index (χ4n) is 1.47. The summed E-state index contributed by atoms with van der Waals surface area (Å²) in [6.45, 7) is 6.65. The highest BCUT2D eigenvalue weighted by Crippen LogP contribution is 2.18. The lowest BCUT2D eigenvalue weighted by molar-refractivity contribution is 0.0905. The number of carbonyl (C=O) groups is 1. The molecule has 94 valence electrons. The van der Waals surface area contributed by atoms with Gasteiger partial charge in [-0.05, 0) is 52.3 Å². The van der Waals surface area contributed by atoms with Gasteiger partial charge >= 0.3 is 0 Å². The normalized spacial score (nSPS) is 13.2. The van der Waals surface area contributed by atoms with E-state index in [4.69, 9.17) is 5.73 Å². The lowest BCUT2D eigenvalue weighted by Crippen LogP contribution is -2.48. The molecule has 3 nitrogen and oxygen atoms in total. The molecule has 0 aliphatic heterocycles. The zero-order chi connectivity index (χ0) is 13.1. The zero-order valence-corrected chi connectivity index (χ0v) is 12.6. The summed E-state index contributed by atoms with van der Waals surface area (Å²) in [4.78, 5) is 12.0. The summed E-state index contributed by atoms with van der Waals surface area (Å²) in [6, 6.07) is 7.48. The molecule has 0 aromatic heterocycles. The van der Waals surface area contributed by atoms with Crippen molar-refractivity contribution in [2.24, 2.45) is 11.1 Å². The number of amides is 1. The number of nitrogens with one attached hydrogen (secondary N) is 1. The van der Waals surface area contributed by atoms with E-state index in [0.717, 1.165) is 3.57 Å². The van der Waals surface area contributed by atoms with E-state index in [0.29, 0.717) is 12.1 Å². The zero-order valence-electron chi connectivity index (χ0n) is 10.5. The van der Waals surface area contributed by atoms with Crippen LogP contribution in [0.25, 0.3) is 0 Å². The van der Waals surface area contributed by atoms with Gasteiger partial charge in [-0.1, -0.05) is 20.8 Å². The Kier molecular flexibility index (Phi) is 4.94. The van der Waals surface area contributed by atoms with E-state index < -0.39 is 0 Å². The van der Waals surface area contributed by atoms with Crippen LogP contribution >= 0.6 is 22.6 Å². The first kappa shape index (κ1) is 14.4. The van der Waals surface area contributed by atoms with Crippen LogP contribution in [0, 0.1) is 8.99 Å². The Morgan fingerprint density at radius 3 is 2.29 bits per heavy atom. The first-order chi connectivity index (χ1) is 7.84. The molecule has 0 radical (unpaired) electrons. The lowest BCUT2D eigenvalue weighted by atomic mass is 9.86. The Hall–Kier alpha value is -0.620. The third-order valence-corrected chi connectivity index (χ3v) is 3.41. The minimum atomic E-state index is -0.0632. The molecule has 0 heterocycles. The van der Waals surface area contributed by atoms with Crippen LogP contribution in [0.3, 0.4) is 0 Å². The summed E-state index contributed by atoms with van der Waals surface area (Å²) in [6.07, 6.45) is 0. The Balaban J connectivity index is 2.75. The van der Waals surface area contributed by atoms with Gasteiger partial charge < -0.3 is 11.1 Å². The van der Waals surface area contributed by atoms with Crippen LogP contribution in [0.15, 0.2) is 24.3 Å². The van der Waals surface area contributed by atoms with Crippen molar-refractivity contribution < 1.29 is 4.79 Å². The van der Waals surface area contributed by atoms with Gasteiger partial charge in [-0.25, -0.2) is 0 Å². The number of carbonyl (C=O) groups excluding carboxylic acids is 1. The lowest BCUT2D eigenvalue weighted by Gasteiger charge is -2.30. The number of hydrogen-bond acceptors (Lipinski definition) is 2. The molecule has 0 saturated carbocycles. The molecule has 0 saturated heterocycles. The molecular weight excluding hydrogens is 327 g/mol. The summed E-state index contributed by atoms with van der Waals surface area (Å²) >= 11 is 2.21. The molecule has 17 heavy (non-hydrogen) atoms. The molecule has 4 heteroatoms. The Bertz CT molecular complexity index is 381. The van der Waals surface area contributed by atoms with Gasteiger partial charge in [0.05, 0.1) is 0 Å². The van der Waals surface area contributed by atoms with E-state index in [1.54, 1.807) is 0 Å². The Labute approximate surface area is 116 Å². The summed E-state index contributed by atoms with van der Waals surface area (Å²) < 4.78 is 1.12. The Morgan fingerprint density at radius 2 is 1.88 bits per heavy atom. The van der Waals surface area contributed by atoms with Crippen LogP contribution in [-0.4, -0.2) is 18.5 Å². The van der Waals surface area contributed by atoms with Crippen LogP contribution in [0.2, 0.25) is 0 Å². The first-order valence-corrected chi connectivity index (χ1v) is 6.69. The van der Waals surface area contributed by atoms with Gasteiger partial charge in [0.1, 0.15) is 0 Å². The van der Waals surface area contributed by atoms with E-state index in [9.17, 15) is 4.79 Å². The molecule has 0 spiro atoms. The highest BCUT2D eigenvalue weighted by molar-refractivity contribution is 14.1. The molecule has 1 unspecified atom stereocenters. The number of halogens is 1. The van der Waals surface area contributed by atoms with Gasteiger partial charge in [0, 0.05) is 21.7 Å². The molecule has 0 aliphatic rings. The molecular formula is C13H19IN2O. The molecule has 1 aromatic rings. The van der Waals surface area contributed by atoms with Crippen LogP contribution in [-0.2, 0) is 0 Å². The van der Waals surface area contributed by atoms with E-state index in [1.807, 2.05) is 24.3 Å². The maximum atomic E-state index is 12.0.